The van der Waals surface area contributed by atoms with E-state index in [1.807, 2.05) is 12.1 Å². The maximum absolute atomic E-state index is 11.3. The lowest BCUT2D eigenvalue weighted by Crippen LogP contribution is -2.47. The SMILES string of the molecule is CC(=O)CN1CCC(CCN2CCN(c3cccc4c3OCO4)CC2)CC1. The number of piperazine rings is 1. The van der Waals surface area contributed by atoms with E-state index in [4.69, 9.17) is 9.47 Å². The number of benzene rings is 1. The third kappa shape index (κ3) is 4.55. The van der Waals surface area contributed by atoms with E-state index in [1.54, 1.807) is 6.92 Å². The van der Waals surface area contributed by atoms with Gasteiger partial charge in [-0.2, -0.15) is 0 Å². The van der Waals surface area contributed by atoms with Gasteiger partial charge in [-0.15, -0.1) is 0 Å². The predicted molar refractivity (Wildman–Crippen MR) is 106 cm³/mol. The maximum Gasteiger partial charge on any atom is 0.231 e. The molecule has 27 heavy (non-hydrogen) atoms. The normalized spacial score (nSPS) is 21.6. The molecule has 6 heteroatoms. The first kappa shape index (κ1) is 18.6. The summed E-state index contributed by atoms with van der Waals surface area (Å²) in [5.41, 5.74) is 1.17. The van der Waals surface area contributed by atoms with E-state index in [0.29, 0.717) is 13.3 Å². The van der Waals surface area contributed by atoms with Crippen molar-refractivity contribution < 1.29 is 14.3 Å². The lowest BCUT2D eigenvalue weighted by molar-refractivity contribution is -0.118. The van der Waals surface area contributed by atoms with Crippen LogP contribution in [0.3, 0.4) is 0 Å². The van der Waals surface area contributed by atoms with Crippen LogP contribution in [0.2, 0.25) is 0 Å². The van der Waals surface area contributed by atoms with Crippen molar-refractivity contribution in [1.82, 2.24) is 9.80 Å². The van der Waals surface area contributed by atoms with Crippen molar-refractivity contribution in [3.8, 4) is 11.5 Å². The second-order valence-corrected chi connectivity index (χ2v) is 8.05. The predicted octanol–water partition coefficient (Wildman–Crippen LogP) is 2.23. The quantitative estimate of drug-likeness (QED) is 0.762. The molecule has 0 bridgehead atoms. The fourth-order valence-electron chi connectivity index (χ4n) is 4.49. The summed E-state index contributed by atoms with van der Waals surface area (Å²) in [6.45, 7) is 10.3. The van der Waals surface area contributed by atoms with Gasteiger partial charge in [-0.1, -0.05) is 6.07 Å². The zero-order chi connectivity index (χ0) is 18.6. The Hall–Kier alpha value is -1.79. The number of piperidine rings is 1. The molecule has 2 saturated heterocycles. The van der Waals surface area contributed by atoms with Gasteiger partial charge in [-0.3, -0.25) is 14.6 Å². The Bertz CT molecular complexity index is 650. The number of likely N-dealkylation sites (tertiary alicyclic amines) is 1. The molecule has 3 aliphatic heterocycles. The van der Waals surface area contributed by atoms with Crippen molar-refractivity contribution in [3.63, 3.8) is 0 Å². The summed E-state index contributed by atoms with van der Waals surface area (Å²) >= 11 is 0. The zero-order valence-corrected chi connectivity index (χ0v) is 16.4. The number of fused-ring (bicyclic) bond motifs is 1. The number of anilines is 1. The molecule has 1 aromatic carbocycles. The fraction of sp³-hybridized carbons (Fsp3) is 0.667. The van der Waals surface area contributed by atoms with Gasteiger partial charge < -0.3 is 14.4 Å². The van der Waals surface area contributed by atoms with Crippen LogP contribution in [0.5, 0.6) is 11.5 Å². The van der Waals surface area contributed by atoms with Crippen molar-refractivity contribution in [2.45, 2.75) is 26.2 Å². The third-order valence-corrected chi connectivity index (χ3v) is 6.10. The van der Waals surface area contributed by atoms with Gasteiger partial charge in [-0.25, -0.2) is 0 Å². The van der Waals surface area contributed by atoms with Crippen LogP contribution < -0.4 is 14.4 Å². The Morgan fingerprint density at radius 3 is 2.56 bits per heavy atom. The summed E-state index contributed by atoms with van der Waals surface area (Å²) in [6.07, 6.45) is 3.76. The number of hydrogen-bond donors (Lipinski definition) is 0. The minimum atomic E-state index is 0.285. The van der Waals surface area contributed by atoms with Gasteiger partial charge in [0.25, 0.3) is 0 Å². The van der Waals surface area contributed by atoms with Crippen molar-refractivity contribution in [2.24, 2.45) is 5.92 Å². The van der Waals surface area contributed by atoms with E-state index in [9.17, 15) is 4.79 Å². The first-order valence-electron chi connectivity index (χ1n) is 10.3. The molecule has 0 spiro atoms. The summed E-state index contributed by atoms with van der Waals surface area (Å²) in [7, 11) is 0. The van der Waals surface area contributed by atoms with E-state index < -0.39 is 0 Å². The molecule has 1 aromatic rings. The molecule has 3 aliphatic rings. The zero-order valence-electron chi connectivity index (χ0n) is 16.4. The van der Waals surface area contributed by atoms with Gasteiger partial charge in [0.2, 0.25) is 6.79 Å². The van der Waals surface area contributed by atoms with Crippen molar-refractivity contribution in [3.05, 3.63) is 18.2 Å². The highest BCUT2D eigenvalue weighted by Crippen LogP contribution is 2.41. The van der Waals surface area contributed by atoms with Gasteiger partial charge in [0.15, 0.2) is 11.5 Å². The molecule has 4 rings (SSSR count). The largest absolute Gasteiger partial charge is 0.454 e. The molecule has 0 atom stereocenters. The molecule has 6 nitrogen and oxygen atoms in total. The minimum Gasteiger partial charge on any atom is -0.454 e. The van der Waals surface area contributed by atoms with Crippen molar-refractivity contribution in [1.29, 1.82) is 0 Å². The van der Waals surface area contributed by atoms with Crippen LogP contribution in [-0.2, 0) is 4.79 Å². The highest BCUT2D eigenvalue weighted by Gasteiger charge is 2.25. The summed E-state index contributed by atoms with van der Waals surface area (Å²) in [4.78, 5) is 18.6. The number of carbonyl (C=O) groups is 1. The molecular weight excluding hydrogens is 342 g/mol. The molecule has 0 aromatic heterocycles. The number of nitrogens with zero attached hydrogens (tertiary/aromatic N) is 3. The number of carbonyl (C=O) groups excluding carboxylic acids is 1. The van der Waals surface area contributed by atoms with Crippen LogP contribution in [0.15, 0.2) is 18.2 Å². The van der Waals surface area contributed by atoms with E-state index in [0.717, 1.165) is 56.7 Å². The lowest BCUT2D eigenvalue weighted by atomic mass is 9.93. The molecular formula is C21H31N3O3. The van der Waals surface area contributed by atoms with Crippen molar-refractivity contribution in [2.75, 3.05) is 64.1 Å². The first-order valence-corrected chi connectivity index (χ1v) is 10.3. The van der Waals surface area contributed by atoms with Gasteiger partial charge in [0.05, 0.1) is 12.2 Å². The summed E-state index contributed by atoms with van der Waals surface area (Å²) < 4.78 is 11.2. The number of hydrogen-bond acceptors (Lipinski definition) is 6. The van der Waals surface area contributed by atoms with Crippen LogP contribution in [-0.4, -0.2) is 74.7 Å². The van der Waals surface area contributed by atoms with Gasteiger partial charge in [-0.05, 0) is 63.9 Å². The van der Waals surface area contributed by atoms with Gasteiger partial charge in [0, 0.05) is 26.2 Å². The highest BCUT2D eigenvalue weighted by atomic mass is 16.7. The smallest absolute Gasteiger partial charge is 0.231 e. The molecule has 0 amide bonds. The Morgan fingerprint density at radius 1 is 1.04 bits per heavy atom. The average Bonchev–Trinajstić information content (AvgIpc) is 3.16. The molecule has 0 saturated carbocycles. The molecule has 2 fully saturated rings. The summed E-state index contributed by atoms with van der Waals surface area (Å²) in [5.74, 6) is 2.87. The van der Waals surface area contributed by atoms with Crippen LogP contribution >= 0.6 is 0 Å². The monoisotopic (exact) mass is 373 g/mol. The Balaban J connectivity index is 1.20. The van der Waals surface area contributed by atoms with E-state index in [-0.39, 0.29) is 5.78 Å². The Labute approximate surface area is 162 Å². The molecule has 148 valence electrons. The standard InChI is InChI=1S/C21H31N3O3/c1-17(25)15-23-9-6-18(7-10-23)5-8-22-11-13-24(14-12-22)19-3-2-4-20-21(19)27-16-26-20/h2-4,18H,5-16H2,1H3. The van der Waals surface area contributed by atoms with Gasteiger partial charge >= 0.3 is 0 Å². The van der Waals surface area contributed by atoms with Crippen LogP contribution in [0.4, 0.5) is 5.69 Å². The first-order chi connectivity index (χ1) is 13.2. The van der Waals surface area contributed by atoms with Crippen LogP contribution in [0.1, 0.15) is 26.2 Å². The van der Waals surface area contributed by atoms with Crippen LogP contribution in [0.25, 0.3) is 0 Å². The second-order valence-electron chi connectivity index (χ2n) is 8.05. The molecule has 0 aliphatic carbocycles. The summed E-state index contributed by atoms with van der Waals surface area (Å²) in [6, 6.07) is 6.16. The average molecular weight is 373 g/mol. The minimum absolute atomic E-state index is 0.285. The van der Waals surface area contributed by atoms with Gasteiger partial charge in [0.1, 0.15) is 5.78 Å². The molecule has 3 heterocycles. The van der Waals surface area contributed by atoms with Crippen LogP contribution in [0, 0.1) is 5.92 Å². The maximum atomic E-state index is 11.3. The topological polar surface area (TPSA) is 45.3 Å². The van der Waals surface area contributed by atoms with E-state index in [2.05, 4.69) is 20.8 Å². The third-order valence-electron chi connectivity index (χ3n) is 6.10. The fourth-order valence-corrected chi connectivity index (χ4v) is 4.49. The molecule has 0 N–H and O–H groups in total. The lowest BCUT2D eigenvalue weighted by Gasteiger charge is -2.37. The number of ether oxygens (including phenoxy) is 2. The van der Waals surface area contributed by atoms with E-state index in [1.165, 1.54) is 31.5 Å². The summed E-state index contributed by atoms with van der Waals surface area (Å²) in [5, 5.41) is 0. The Morgan fingerprint density at radius 2 is 1.81 bits per heavy atom. The molecule has 0 unspecified atom stereocenters. The Kier molecular flexibility index (Phi) is 5.83. The number of rotatable bonds is 6. The number of para-hydroxylation sites is 1. The number of ketones is 1. The molecule has 0 radical (unpaired) electrons. The van der Waals surface area contributed by atoms with Crippen molar-refractivity contribution >= 4 is 11.5 Å². The highest BCUT2D eigenvalue weighted by molar-refractivity contribution is 5.77. The number of Topliss-reactive ketones (excluding diaryl/α,β-unsaturated/α-hetero) is 1. The van der Waals surface area contributed by atoms with E-state index >= 15 is 0 Å². The second kappa shape index (κ2) is 8.48.